The van der Waals surface area contributed by atoms with Gasteiger partial charge in [-0.3, -0.25) is 4.79 Å². The number of aromatic nitrogens is 2. The van der Waals surface area contributed by atoms with E-state index in [0.717, 1.165) is 27.4 Å². The minimum atomic E-state index is -0.101. The largest absolute Gasteiger partial charge is 0.396 e. The summed E-state index contributed by atoms with van der Waals surface area (Å²) in [5.74, 6) is 0.381. The monoisotopic (exact) mass is 460 g/mol. The van der Waals surface area contributed by atoms with Gasteiger partial charge in [-0.25, -0.2) is 9.97 Å². The fraction of sp³-hybridized carbons (Fsp3) is 0.192. The Morgan fingerprint density at radius 1 is 0.939 bits per heavy atom. The minimum absolute atomic E-state index is 0.101. The number of nitrogens with one attached hydrogen (secondary N) is 2. The third kappa shape index (κ3) is 6.97. The standard InChI is InChI=1S/C24H22N4O2S.C2H6/c29-15-13-17-6-8-19(9-7-17)27-24-25-14-12-20(28-24)21-10-11-22(31-21)23(30)26-16-18-4-2-1-3-5-18;1-2/h1-12,14,29H,13,15-16H2,(H,26,30)(H,25,27,28);1-2H3. The predicted molar refractivity (Wildman–Crippen MR) is 135 cm³/mol. The zero-order chi connectivity index (χ0) is 23.5. The molecule has 33 heavy (non-hydrogen) atoms. The number of aliphatic hydroxyl groups is 1. The summed E-state index contributed by atoms with van der Waals surface area (Å²) in [6.07, 6.45) is 2.32. The summed E-state index contributed by atoms with van der Waals surface area (Å²) in [6, 6.07) is 23.1. The van der Waals surface area contributed by atoms with Gasteiger partial charge in [0.25, 0.3) is 5.91 Å². The molecule has 4 aromatic rings. The molecule has 1 amide bonds. The van der Waals surface area contributed by atoms with Gasteiger partial charge in [-0.2, -0.15) is 0 Å². The van der Waals surface area contributed by atoms with E-state index in [1.807, 2.05) is 86.6 Å². The fourth-order valence-electron chi connectivity index (χ4n) is 3.03. The van der Waals surface area contributed by atoms with E-state index in [1.54, 1.807) is 6.20 Å². The van der Waals surface area contributed by atoms with Gasteiger partial charge in [0.1, 0.15) is 0 Å². The van der Waals surface area contributed by atoms with E-state index in [9.17, 15) is 4.79 Å². The second-order valence-electron chi connectivity index (χ2n) is 6.89. The van der Waals surface area contributed by atoms with Crippen LogP contribution < -0.4 is 10.6 Å². The lowest BCUT2D eigenvalue weighted by atomic mass is 10.1. The first-order chi connectivity index (χ1) is 16.2. The third-order valence-electron chi connectivity index (χ3n) is 4.64. The number of thiophene rings is 1. The molecular formula is C26H28N4O2S. The van der Waals surface area contributed by atoms with Gasteiger partial charge in [0.05, 0.1) is 15.4 Å². The summed E-state index contributed by atoms with van der Waals surface area (Å²) < 4.78 is 0. The van der Waals surface area contributed by atoms with Gasteiger partial charge in [-0.05, 0) is 47.9 Å². The molecule has 2 heterocycles. The number of amides is 1. The third-order valence-corrected chi connectivity index (χ3v) is 5.75. The maximum absolute atomic E-state index is 12.5. The van der Waals surface area contributed by atoms with E-state index in [1.165, 1.54) is 11.3 Å². The molecule has 0 aliphatic rings. The molecule has 2 aromatic heterocycles. The van der Waals surface area contributed by atoms with Crippen molar-refractivity contribution in [2.45, 2.75) is 26.8 Å². The summed E-state index contributed by atoms with van der Waals surface area (Å²) in [4.78, 5) is 22.9. The van der Waals surface area contributed by atoms with Crippen molar-refractivity contribution in [3.8, 4) is 10.6 Å². The van der Waals surface area contributed by atoms with Crippen molar-refractivity contribution in [3.63, 3.8) is 0 Å². The Hall–Kier alpha value is -3.55. The molecule has 0 fully saturated rings. The molecule has 170 valence electrons. The fourth-order valence-corrected chi connectivity index (χ4v) is 3.92. The van der Waals surface area contributed by atoms with Crippen LogP contribution in [0.2, 0.25) is 0 Å². The van der Waals surface area contributed by atoms with Crippen LogP contribution in [-0.2, 0) is 13.0 Å². The lowest BCUT2D eigenvalue weighted by Crippen LogP contribution is -2.21. The van der Waals surface area contributed by atoms with Gasteiger partial charge >= 0.3 is 0 Å². The maximum Gasteiger partial charge on any atom is 0.261 e. The Balaban J connectivity index is 0.00000149. The average Bonchev–Trinajstić information content (AvgIpc) is 3.37. The van der Waals surface area contributed by atoms with Crippen LogP contribution in [0.3, 0.4) is 0 Å². The highest BCUT2D eigenvalue weighted by Gasteiger charge is 2.12. The van der Waals surface area contributed by atoms with Crippen LogP contribution in [0, 0.1) is 0 Å². The molecule has 0 spiro atoms. The molecule has 0 radical (unpaired) electrons. The zero-order valence-electron chi connectivity index (χ0n) is 18.8. The molecule has 0 atom stereocenters. The molecule has 2 aromatic carbocycles. The molecule has 0 bridgehead atoms. The maximum atomic E-state index is 12.5. The minimum Gasteiger partial charge on any atom is -0.396 e. The van der Waals surface area contributed by atoms with Gasteiger partial charge in [0, 0.05) is 25.0 Å². The van der Waals surface area contributed by atoms with E-state index in [0.29, 0.717) is 23.8 Å². The number of hydrogen-bond donors (Lipinski definition) is 3. The molecule has 4 rings (SSSR count). The van der Waals surface area contributed by atoms with E-state index in [-0.39, 0.29) is 12.5 Å². The lowest BCUT2D eigenvalue weighted by Gasteiger charge is -2.07. The first kappa shape index (κ1) is 24.1. The quantitative estimate of drug-likeness (QED) is 0.326. The number of carbonyl (C=O) groups excluding carboxylic acids is 1. The number of carbonyl (C=O) groups is 1. The van der Waals surface area contributed by atoms with Crippen molar-refractivity contribution in [1.82, 2.24) is 15.3 Å². The second-order valence-corrected chi connectivity index (χ2v) is 7.98. The summed E-state index contributed by atoms with van der Waals surface area (Å²) in [5.41, 5.74) is 3.75. The predicted octanol–water partition coefficient (Wildman–Crippen LogP) is 5.44. The molecule has 6 nitrogen and oxygen atoms in total. The summed E-state index contributed by atoms with van der Waals surface area (Å²) in [7, 11) is 0. The van der Waals surface area contributed by atoms with Crippen molar-refractivity contribution < 1.29 is 9.90 Å². The second kappa shape index (κ2) is 12.5. The topological polar surface area (TPSA) is 87.1 Å². The highest BCUT2D eigenvalue weighted by Crippen LogP contribution is 2.27. The number of rotatable bonds is 8. The van der Waals surface area contributed by atoms with Crippen LogP contribution in [0.1, 0.15) is 34.6 Å². The Labute approximate surface area is 198 Å². The van der Waals surface area contributed by atoms with E-state index >= 15 is 0 Å². The number of anilines is 2. The summed E-state index contributed by atoms with van der Waals surface area (Å²) >= 11 is 1.40. The van der Waals surface area contributed by atoms with Gasteiger partial charge in [-0.15, -0.1) is 11.3 Å². The Kier molecular flexibility index (Phi) is 9.11. The smallest absolute Gasteiger partial charge is 0.261 e. The van der Waals surface area contributed by atoms with Gasteiger partial charge < -0.3 is 15.7 Å². The van der Waals surface area contributed by atoms with E-state index in [2.05, 4.69) is 20.6 Å². The van der Waals surface area contributed by atoms with Gasteiger partial charge in [-0.1, -0.05) is 56.3 Å². The normalized spacial score (nSPS) is 10.2. The van der Waals surface area contributed by atoms with Crippen LogP contribution in [0.25, 0.3) is 10.6 Å². The first-order valence-corrected chi connectivity index (χ1v) is 11.7. The summed E-state index contributed by atoms with van der Waals surface area (Å²) in [6.45, 7) is 4.62. The molecular weight excluding hydrogens is 432 g/mol. The van der Waals surface area contributed by atoms with Crippen LogP contribution in [0.5, 0.6) is 0 Å². The lowest BCUT2D eigenvalue weighted by molar-refractivity contribution is 0.0955. The SMILES string of the molecule is CC.O=C(NCc1ccccc1)c1ccc(-c2ccnc(Nc3ccc(CCO)cc3)n2)s1. The summed E-state index contributed by atoms with van der Waals surface area (Å²) in [5, 5.41) is 15.2. The molecule has 0 aliphatic carbocycles. The number of aliphatic hydroxyl groups excluding tert-OH is 1. The van der Waals surface area contributed by atoms with E-state index < -0.39 is 0 Å². The van der Waals surface area contributed by atoms with Crippen molar-refractivity contribution in [2.24, 2.45) is 0 Å². The Morgan fingerprint density at radius 3 is 2.42 bits per heavy atom. The highest BCUT2D eigenvalue weighted by atomic mass is 32.1. The molecule has 0 saturated heterocycles. The average molecular weight is 461 g/mol. The number of benzene rings is 2. The highest BCUT2D eigenvalue weighted by molar-refractivity contribution is 7.17. The zero-order valence-corrected chi connectivity index (χ0v) is 19.6. The Morgan fingerprint density at radius 2 is 1.70 bits per heavy atom. The molecule has 3 N–H and O–H groups in total. The van der Waals surface area contributed by atoms with Crippen LogP contribution in [0.4, 0.5) is 11.6 Å². The van der Waals surface area contributed by atoms with Gasteiger partial charge in [0.15, 0.2) is 0 Å². The van der Waals surface area contributed by atoms with Crippen LogP contribution >= 0.6 is 11.3 Å². The molecule has 0 saturated carbocycles. The van der Waals surface area contributed by atoms with Crippen molar-refractivity contribution in [3.05, 3.63) is 95.0 Å². The van der Waals surface area contributed by atoms with Crippen molar-refractivity contribution >= 4 is 28.9 Å². The van der Waals surface area contributed by atoms with Crippen molar-refractivity contribution in [2.75, 3.05) is 11.9 Å². The number of nitrogens with zero attached hydrogens (tertiary/aromatic N) is 2. The van der Waals surface area contributed by atoms with Crippen molar-refractivity contribution in [1.29, 1.82) is 0 Å². The Bertz CT molecular complexity index is 1140. The first-order valence-electron chi connectivity index (χ1n) is 10.9. The van der Waals surface area contributed by atoms with Crippen LogP contribution in [0.15, 0.2) is 79.0 Å². The van der Waals surface area contributed by atoms with Gasteiger partial charge in [0.2, 0.25) is 5.95 Å². The number of hydrogen-bond acceptors (Lipinski definition) is 6. The molecule has 0 aliphatic heterocycles. The van der Waals surface area contributed by atoms with Crippen LogP contribution in [-0.4, -0.2) is 27.6 Å². The van der Waals surface area contributed by atoms with E-state index in [4.69, 9.17) is 5.11 Å². The molecule has 0 unspecified atom stereocenters. The molecule has 7 heteroatoms.